The number of pyridine rings is 1. The van der Waals surface area contributed by atoms with Gasteiger partial charge < -0.3 is 5.11 Å². The van der Waals surface area contributed by atoms with E-state index in [0.29, 0.717) is 10.7 Å². The quantitative estimate of drug-likeness (QED) is 0.847. The van der Waals surface area contributed by atoms with Gasteiger partial charge in [-0.15, -0.1) is 0 Å². The summed E-state index contributed by atoms with van der Waals surface area (Å²) in [5.74, 6) is -0.556. The zero-order valence-corrected chi connectivity index (χ0v) is 10.1. The van der Waals surface area contributed by atoms with Crippen molar-refractivity contribution in [3.05, 3.63) is 63.6 Å². The van der Waals surface area contributed by atoms with Crippen LogP contribution >= 0.6 is 23.2 Å². The minimum atomic E-state index is -1.09. The molecule has 0 bridgehead atoms. The van der Waals surface area contributed by atoms with Crippen LogP contribution in [0.4, 0.5) is 4.39 Å². The lowest BCUT2D eigenvalue weighted by atomic mass is 10.0. The summed E-state index contributed by atoms with van der Waals surface area (Å²) in [6, 6.07) is 7.24. The summed E-state index contributed by atoms with van der Waals surface area (Å²) in [5.41, 5.74) is 0.620. The number of aliphatic hydroxyl groups excluding tert-OH is 1. The molecule has 0 amide bonds. The Kier molecular flexibility index (Phi) is 3.62. The first-order valence-electron chi connectivity index (χ1n) is 4.82. The molecule has 1 aromatic carbocycles. The summed E-state index contributed by atoms with van der Waals surface area (Å²) < 4.78 is 13.6. The Hall–Kier alpha value is -1.16. The molecule has 0 aliphatic carbocycles. The Labute approximate surface area is 108 Å². The Morgan fingerprint density at radius 1 is 1.18 bits per heavy atom. The largest absolute Gasteiger partial charge is 0.383 e. The van der Waals surface area contributed by atoms with Gasteiger partial charge in [-0.2, -0.15) is 0 Å². The highest BCUT2D eigenvalue weighted by Crippen LogP contribution is 2.26. The maximum atomic E-state index is 13.6. The molecule has 0 saturated carbocycles. The number of aromatic nitrogens is 1. The van der Waals surface area contributed by atoms with E-state index in [9.17, 15) is 9.50 Å². The third-order valence-electron chi connectivity index (χ3n) is 2.32. The third kappa shape index (κ3) is 2.75. The van der Waals surface area contributed by atoms with Crippen molar-refractivity contribution < 1.29 is 9.50 Å². The lowest BCUT2D eigenvalue weighted by Gasteiger charge is -2.12. The topological polar surface area (TPSA) is 33.1 Å². The SMILES string of the molecule is OC(c1ccc(Cl)nc1)c1ccc(Cl)cc1F. The molecule has 0 saturated heterocycles. The van der Waals surface area contributed by atoms with Gasteiger partial charge in [0.25, 0.3) is 0 Å². The number of hydrogen-bond donors (Lipinski definition) is 1. The predicted octanol–water partition coefficient (Wildman–Crippen LogP) is 3.61. The van der Waals surface area contributed by atoms with Crippen LogP contribution in [0.15, 0.2) is 36.5 Å². The van der Waals surface area contributed by atoms with Crippen molar-refractivity contribution >= 4 is 23.2 Å². The van der Waals surface area contributed by atoms with E-state index in [0.717, 1.165) is 6.07 Å². The van der Waals surface area contributed by atoms with E-state index in [4.69, 9.17) is 23.2 Å². The predicted molar refractivity (Wildman–Crippen MR) is 64.7 cm³/mol. The molecule has 1 aromatic heterocycles. The summed E-state index contributed by atoms with van der Waals surface area (Å²) in [5, 5.41) is 10.6. The van der Waals surface area contributed by atoms with E-state index in [1.807, 2.05) is 0 Å². The van der Waals surface area contributed by atoms with Gasteiger partial charge in [0.1, 0.15) is 17.1 Å². The van der Waals surface area contributed by atoms with Gasteiger partial charge in [0.05, 0.1) is 0 Å². The Morgan fingerprint density at radius 3 is 2.53 bits per heavy atom. The second-order valence-corrected chi connectivity index (χ2v) is 4.31. The van der Waals surface area contributed by atoms with E-state index in [2.05, 4.69) is 4.98 Å². The summed E-state index contributed by atoms with van der Waals surface area (Å²) in [7, 11) is 0. The van der Waals surface area contributed by atoms with Gasteiger partial charge in [-0.3, -0.25) is 0 Å². The molecule has 0 radical (unpaired) electrons. The normalized spacial score (nSPS) is 12.5. The lowest BCUT2D eigenvalue weighted by Crippen LogP contribution is -2.02. The van der Waals surface area contributed by atoms with E-state index in [1.165, 1.54) is 24.4 Å². The summed E-state index contributed by atoms with van der Waals surface area (Å²) in [6.07, 6.45) is 0.318. The highest BCUT2D eigenvalue weighted by Gasteiger charge is 2.15. The van der Waals surface area contributed by atoms with Crippen LogP contribution in [0.5, 0.6) is 0 Å². The number of nitrogens with zero attached hydrogens (tertiary/aromatic N) is 1. The molecule has 2 nitrogen and oxygen atoms in total. The van der Waals surface area contributed by atoms with Crippen molar-refractivity contribution in [2.24, 2.45) is 0 Å². The third-order valence-corrected chi connectivity index (χ3v) is 2.78. The minimum absolute atomic E-state index is 0.151. The second-order valence-electron chi connectivity index (χ2n) is 3.48. The zero-order valence-electron chi connectivity index (χ0n) is 8.57. The van der Waals surface area contributed by atoms with Crippen molar-refractivity contribution in [1.29, 1.82) is 0 Å². The van der Waals surface area contributed by atoms with Crippen molar-refractivity contribution in [3.8, 4) is 0 Å². The Bertz CT molecular complexity index is 531. The van der Waals surface area contributed by atoms with Gasteiger partial charge >= 0.3 is 0 Å². The van der Waals surface area contributed by atoms with Crippen LogP contribution in [-0.4, -0.2) is 10.1 Å². The van der Waals surface area contributed by atoms with Crippen molar-refractivity contribution in [2.45, 2.75) is 6.10 Å². The summed E-state index contributed by atoms with van der Waals surface area (Å²) in [4.78, 5) is 3.83. The Balaban J connectivity index is 2.36. The van der Waals surface area contributed by atoms with Crippen LogP contribution in [0.2, 0.25) is 10.2 Å². The van der Waals surface area contributed by atoms with E-state index >= 15 is 0 Å². The molecule has 17 heavy (non-hydrogen) atoms. The molecule has 88 valence electrons. The van der Waals surface area contributed by atoms with Crippen molar-refractivity contribution in [2.75, 3.05) is 0 Å². The van der Waals surface area contributed by atoms with Gasteiger partial charge in [-0.1, -0.05) is 35.3 Å². The number of hydrogen-bond acceptors (Lipinski definition) is 2. The zero-order chi connectivity index (χ0) is 12.4. The van der Waals surface area contributed by atoms with Crippen molar-refractivity contribution in [1.82, 2.24) is 4.98 Å². The van der Waals surface area contributed by atoms with Gasteiger partial charge in [0, 0.05) is 22.3 Å². The summed E-state index contributed by atoms with van der Waals surface area (Å²) >= 11 is 11.3. The molecule has 0 aliphatic heterocycles. The maximum absolute atomic E-state index is 13.6. The highest BCUT2D eigenvalue weighted by molar-refractivity contribution is 6.30. The van der Waals surface area contributed by atoms with E-state index < -0.39 is 11.9 Å². The smallest absolute Gasteiger partial charge is 0.130 e. The average Bonchev–Trinajstić information content (AvgIpc) is 2.29. The molecular weight excluding hydrogens is 264 g/mol. The molecule has 1 heterocycles. The first kappa shape index (κ1) is 12.3. The Morgan fingerprint density at radius 2 is 1.94 bits per heavy atom. The van der Waals surface area contributed by atoms with Crippen LogP contribution in [0.3, 0.4) is 0 Å². The highest BCUT2D eigenvalue weighted by atomic mass is 35.5. The van der Waals surface area contributed by atoms with Crippen LogP contribution < -0.4 is 0 Å². The summed E-state index contributed by atoms with van der Waals surface area (Å²) in [6.45, 7) is 0. The fourth-order valence-corrected chi connectivity index (χ4v) is 1.72. The average molecular weight is 272 g/mol. The molecule has 1 unspecified atom stereocenters. The van der Waals surface area contributed by atoms with Crippen molar-refractivity contribution in [3.63, 3.8) is 0 Å². The van der Waals surface area contributed by atoms with Crippen LogP contribution in [0.25, 0.3) is 0 Å². The molecule has 5 heteroatoms. The van der Waals surface area contributed by atoms with Gasteiger partial charge in [0.2, 0.25) is 0 Å². The van der Waals surface area contributed by atoms with Gasteiger partial charge in [-0.25, -0.2) is 9.37 Å². The standard InChI is InChI=1S/C12H8Cl2FNO/c13-8-2-3-9(10(15)5-8)12(17)7-1-4-11(14)16-6-7/h1-6,12,17H. The fraction of sp³-hybridized carbons (Fsp3) is 0.0833. The fourth-order valence-electron chi connectivity index (χ4n) is 1.45. The van der Waals surface area contributed by atoms with Gasteiger partial charge in [0.15, 0.2) is 0 Å². The monoisotopic (exact) mass is 271 g/mol. The number of halogens is 3. The molecule has 0 fully saturated rings. The molecule has 1 N–H and O–H groups in total. The molecule has 0 aliphatic rings. The molecular formula is C12H8Cl2FNO. The minimum Gasteiger partial charge on any atom is -0.383 e. The molecule has 0 spiro atoms. The van der Waals surface area contributed by atoms with E-state index in [1.54, 1.807) is 6.07 Å². The number of aliphatic hydroxyl groups is 1. The first-order valence-corrected chi connectivity index (χ1v) is 5.58. The number of rotatable bonds is 2. The second kappa shape index (κ2) is 5.00. The molecule has 1 atom stereocenters. The van der Waals surface area contributed by atoms with E-state index in [-0.39, 0.29) is 10.6 Å². The number of benzene rings is 1. The van der Waals surface area contributed by atoms with Crippen LogP contribution in [0, 0.1) is 5.82 Å². The van der Waals surface area contributed by atoms with Crippen LogP contribution in [-0.2, 0) is 0 Å². The molecule has 2 aromatic rings. The van der Waals surface area contributed by atoms with Gasteiger partial charge in [-0.05, 0) is 18.2 Å². The lowest BCUT2D eigenvalue weighted by molar-refractivity contribution is 0.214. The maximum Gasteiger partial charge on any atom is 0.130 e. The molecule has 2 rings (SSSR count). The first-order chi connectivity index (χ1) is 8.08. The van der Waals surface area contributed by atoms with Crippen LogP contribution in [0.1, 0.15) is 17.2 Å².